The van der Waals surface area contributed by atoms with Crippen LogP contribution in [0.25, 0.3) is 16.8 Å². The Balaban J connectivity index is 1.36. The highest BCUT2D eigenvalue weighted by molar-refractivity contribution is 7.07. The van der Waals surface area contributed by atoms with Gasteiger partial charge in [0.15, 0.2) is 16.3 Å². The number of hydrogen-bond acceptors (Lipinski definition) is 8. The molecule has 0 bridgehead atoms. The third-order valence-electron chi connectivity index (χ3n) is 7.70. The highest BCUT2D eigenvalue weighted by Crippen LogP contribution is 2.32. The van der Waals surface area contributed by atoms with Gasteiger partial charge in [0.2, 0.25) is 0 Å². The fourth-order valence-electron chi connectivity index (χ4n) is 5.51. The molecule has 0 spiro atoms. The van der Waals surface area contributed by atoms with E-state index in [1.165, 1.54) is 11.3 Å². The van der Waals surface area contributed by atoms with Gasteiger partial charge in [0.05, 0.1) is 42.7 Å². The van der Waals surface area contributed by atoms with E-state index in [0.717, 1.165) is 27.5 Å². The van der Waals surface area contributed by atoms with E-state index < -0.39 is 12.0 Å². The van der Waals surface area contributed by atoms with Crippen molar-refractivity contribution in [2.45, 2.75) is 26.5 Å². The highest BCUT2D eigenvalue weighted by atomic mass is 32.1. The Hall–Kier alpha value is -5.15. The molecule has 0 radical (unpaired) electrons. The van der Waals surface area contributed by atoms with Crippen molar-refractivity contribution in [3.8, 4) is 17.2 Å². The zero-order valence-corrected chi connectivity index (χ0v) is 26.2. The average molecular weight is 621 g/mol. The SMILES string of the molecule is CCOC(=O)C1=C(C)N=c2s/c(=C\c3ccc(OCc4cccc5ccccc45)c(OC)c3)c(=O)n2[C@H]1c1ccc(OC)cc1. The molecule has 0 unspecified atom stereocenters. The normalized spacial score (nSPS) is 14.6. The lowest BCUT2D eigenvalue weighted by molar-refractivity contribution is -0.139. The maximum absolute atomic E-state index is 14.0. The van der Waals surface area contributed by atoms with Crippen LogP contribution in [0.3, 0.4) is 0 Å². The summed E-state index contributed by atoms with van der Waals surface area (Å²) in [5, 5.41) is 2.29. The van der Waals surface area contributed by atoms with Crippen molar-refractivity contribution in [2.75, 3.05) is 20.8 Å². The second-order valence-electron chi connectivity index (χ2n) is 10.4. The molecule has 0 fully saturated rings. The van der Waals surface area contributed by atoms with Gasteiger partial charge in [-0.3, -0.25) is 9.36 Å². The number of allylic oxidation sites excluding steroid dienone is 1. The minimum absolute atomic E-state index is 0.207. The van der Waals surface area contributed by atoms with E-state index in [4.69, 9.17) is 18.9 Å². The van der Waals surface area contributed by atoms with Gasteiger partial charge in [-0.1, -0.05) is 72.0 Å². The standard InChI is InChI=1S/C36H32N2O6S/c1-5-43-35(40)32-22(2)37-36-38(33(32)25-14-16-27(41-3)17-15-25)34(39)31(45-36)20-23-13-18-29(30(19-23)42-4)44-21-26-11-8-10-24-9-6-7-12-28(24)26/h6-20,33H,5,21H2,1-4H3/b31-20-/t33-/m0/s1. The monoisotopic (exact) mass is 620 g/mol. The number of carbonyl (C=O) groups excluding carboxylic acids is 1. The van der Waals surface area contributed by atoms with E-state index in [9.17, 15) is 9.59 Å². The molecule has 9 heteroatoms. The fraction of sp³-hybridized carbons (Fsp3) is 0.194. The molecule has 1 aliphatic rings. The van der Waals surface area contributed by atoms with E-state index in [1.54, 1.807) is 50.8 Å². The lowest BCUT2D eigenvalue weighted by Crippen LogP contribution is -2.39. The van der Waals surface area contributed by atoms with Gasteiger partial charge in [-0.25, -0.2) is 9.79 Å². The van der Waals surface area contributed by atoms with Gasteiger partial charge in [0, 0.05) is 0 Å². The van der Waals surface area contributed by atoms with Crippen LogP contribution in [0.2, 0.25) is 0 Å². The number of thiazole rings is 1. The lowest BCUT2D eigenvalue weighted by Gasteiger charge is -2.24. The maximum atomic E-state index is 14.0. The first-order valence-electron chi connectivity index (χ1n) is 14.5. The highest BCUT2D eigenvalue weighted by Gasteiger charge is 2.33. The molecule has 0 saturated heterocycles. The quantitative estimate of drug-likeness (QED) is 0.201. The number of nitrogens with zero attached hydrogens (tertiary/aromatic N) is 2. The van der Waals surface area contributed by atoms with E-state index in [1.807, 2.05) is 48.5 Å². The molecule has 0 N–H and O–H groups in total. The third-order valence-corrected chi connectivity index (χ3v) is 8.68. The third kappa shape index (κ3) is 5.86. The Morgan fingerprint density at radius 1 is 0.956 bits per heavy atom. The molecule has 6 rings (SSSR count). The molecule has 1 aliphatic heterocycles. The van der Waals surface area contributed by atoms with Crippen LogP contribution < -0.4 is 29.1 Å². The lowest BCUT2D eigenvalue weighted by atomic mass is 9.96. The largest absolute Gasteiger partial charge is 0.497 e. The van der Waals surface area contributed by atoms with Crippen molar-refractivity contribution in [2.24, 2.45) is 4.99 Å². The number of carbonyl (C=O) groups is 1. The Morgan fingerprint density at radius 2 is 1.73 bits per heavy atom. The molecule has 2 heterocycles. The topological polar surface area (TPSA) is 88.4 Å². The molecule has 8 nitrogen and oxygen atoms in total. The summed E-state index contributed by atoms with van der Waals surface area (Å²) in [5.74, 6) is 1.31. The molecule has 0 saturated carbocycles. The number of benzene rings is 4. The van der Waals surface area contributed by atoms with Gasteiger partial charge < -0.3 is 18.9 Å². The first-order valence-corrected chi connectivity index (χ1v) is 15.3. The Labute approximate surface area is 264 Å². The first-order chi connectivity index (χ1) is 21.9. The van der Waals surface area contributed by atoms with Gasteiger partial charge in [0.1, 0.15) is 12.4 Å². The number of fused-ring (bicyclic) bond motifs is 2. The molecule has 1 atom stereocenters. The number of esters is 1. The second-order valence-corrected chi connectivity index (χ2v) is 11.4. The predicted molar refractivity (Wildman–Crippen MR) is 175 cm³/mol. The fourth-order valence-corrected chi connectivity index (χ4v) is 6.56. The van der Waals surface area contributed by atoms with Crippen LogP contribution >= 0.6 is 11.3 Å². The molecular formula is C36H32N2O6S. The van der Waals surface area contributed by atoms with Crippen molar-refractivity contribution < 1.29 is 23.7 Å². The van der Waals surface area contributed by atoms with Crippen LogP contribution in [0.15, 0.2) is 106 Å². The summed E-state index contributed by atoms with van der Waals surface area (Å²) in [6, 6.07) is 26.5. The number of rotatable bonds is 9. The van der Waals surface area contributed by atoms with E-state index in [0.29, 0.717) is 44.5 Å². The predicted octanol–water partition coefficient (Wildman–Crippen LogP) is 5.55. The molecular weight excluding hydrogens is 588 g/mol. The molecule has 4 aromatic carbocycles. The summed E-state index contributed by atoms with van der Waals surface area (Å²) >= 11 is 1.27. The molecule has 0 amide bonds. The summed E-state index contributed by atoms with van der Waals surface area (Å²) < 4.78 is 24.6. The Morgan fingerprint density at radius 3 is 2.49 bits per heavy atom. The molecule has 228 valence electrons. The average Bonchev–Trinajstić information content (AvgIpc) is 3.36. The number of hydrogen-bond donors (Lipinski definition) is 0. The van der Waals surface area contributed by atoms with Crippen LogP contribution in [-0.2, 0) is 16.1 Å². The van der Waals surface area contributed by atoms with Crippen molar-refractivity contribution in [3.05, 3.63) is 133 Å². The van der Waals surface area contributed by atoms with Crippen molar-refractivity contribution in [3.63, 3.8) is 0 Å². The summed E-state index contributed by atoms with van der Waals surface area (Å²) in [6.45, 7) is 4.10. The zero-order chi connectivity index (χ0) is 31.5. The first kappa shape index (κ1) is 29.9. The van der Waals surface area contributed by atoms with Crippen molar-refractivity contribution in [1.82, 2.24) is 4.57 Å². The smallest absolute Gasteiger partial charge is 0.338 e. The molecule has 1 aromatic heterocycles. The molecule has 0 aliphatic carbocycles. The summed E-state index contributed by atoms with van der Waals surface area (Å²) in [4.78, 5) is 32.3. The van der Waals surface area contributed by atoms with Crippen LogP contribution in [-0.4, -0.2) is 31.4 Å². The van der Waals surface area contributed by atoms with Gasteiger partial charge in [-0.15, -0.1) is 0 Å². The van der Waals surface area contributed by atoms with Gasteiger partial charge in [-0.2, -0.15) is 0 Å². The zero-order valence-electron chi connectivity index (χ0n) is 25.4. The molecule has 5 aromatic rings. The van der Waals surface area contributed by atoms with Gasteiger partial charge in [0.25, 0.3) is 5.56 Å². The van der Waals surface area contributed by atoms with Crippen LogP contribution in [0.1, 0.15) is 36.6 Å². The summed E-state index contributed by atoms with van der Waals surface area (Å²) in [5.41, 5.74) is 3.16. The Kier molecular flexibility index (Phi) is 8.53. The van der Waals surface area contributed by atoms with Crippen molar-refractivity contribution in [1.29, 1.82) is 0 Å². The van der Waals surface area contributed by atoms with Crippen LogP contribution in [0.5, 0.6) is 17.2 Å². The second kappa shape index (κ2) is 12.8. The number of ether oxygens (including phenoxy) is 4. The number of aromatic nitrogens is 1. The minimum atomic E-state index is -0.701. The van der Waals surface area contributed by atoms with Crippen LogP contribution in [0, 0.1) is 0 Å². The van der Waals surface area contributed by atoms with Crippen LogP contribution in [0.4, 0.5) is 0 Å². The molecule has 45 heavy (non-hydrogen) atoms. The van der Waals surface area contributed by atoms with Gasteiger partial charge >= 0.3 is 5.97 Å². The van der Waals surface area contributed by atoms with Crippen molar-refractivity contribution >= 4 is 34.2 Å². The minimum Gasteiger partial charge on any atom is -0.497 e. The summed E-state index contributed by atoms with van der Waals surface area (Å²) in [6.07, 6.45) is 1.80. The maximum Gasteiger partial charge on any atom is 0.338 e. The summed E-state index contributed by atoms with van der Waals surface area (Å²) in [7, 11) is 3.18. The van der Waals surface area contributed by atoms with E-state index >= 15 is 0 Å². The van der Waals surface area contributed by atoms with E-state index in [2.05, 4.69) is 29.3 Å². The van der Waals surface area contributed by atoms with E-state index in [-0.39, 0.29) is 12.2 Å². The Bertz CT molecular complexity index is 2110. The number of methoxy groups -OCH3 is 2. The van der Waals surface area contributed by atoms with Gasteiger partial charge in [-0.05, 0) is 71.7 Å².